The van der Waals surface area contributed by atoms with Gasteiger partial charge in [-0.1, -0.05) is 77.4 Å². The fraction of sp³-hybridized carbons (Fsp3) is 0.100. The molecule has 0 radical (unpaired) electrons. The molecule has 1 atom stereocenters. The van der Waals surface area contributed by atoms with Crippen LogP contribution >= 0.6 is 35.0 Å². The molecule has 2 aromatic carbocycles. The number of nitrogens with zero attached hydrogens (tertiary/aromatic N) is 2. The summed E-state index contributed by atoms with van der Waals surface area (Å²) in [6, 6.07) is 14.7. The van der Waals surface area contributed by atoms with Gasteiger partial charge in [0.2, 0.25) is 11.8 Å². The first-order chi connectivity index (χ1) is 14.0. The van der Waals surface area contributed by atoms with E-state index in [0.29, 0.717) is 15.9 Å². The van der Waals surface area contributed by atoms with E-state index in [-0.39, 0.29) is 23.3 Å². The Morgan fingerprint density at radius 1 is 1.17 bits per heavy atom. The zero-order valence-corrected chi connectivity index (χ0v) is 17.3. The molecule has 1 unspecified atom stereocenters. The van der Waals surface area contributed by atoms with Crippen molar-refractivity contribution in [1.29, 1.82) is 0 Å². The largest absolute Gasteiger partial charge is 0.325 e. The Bertz CT molecular complexity index is 993. The van der Waals surface area contributed by atoms with Crippen molar-refractivity contribution in [1.82, 2.24) is 5.32 Å². The number of allylic oxidation sites excluding steroid dienone is 1. The van der Waals surface area contributed by atoms with Gasteiger partial charge in [-0.3, -0.25) is 9.59 Å². The summed E-state index contributed by atoms with van der Waals surface area (Å²) in [6.45, 7) is 0. The van der Waals surface area contributed by atoms with Gasteiger partial charge in [0, 0.05) is 12.6 Å². The number of nitrogens with one attached hydrogen (secondary N) is 2. The Balaban J connectivity index is 1.52. The molecule has 1 heterocycles. The number of benzene rings is 2. The number of thioether (sulfide) groups is 1. The molecule has 9 heteroatoms. The molecule has 0 aromatic heterocycles. The van der Waals surface area contributed by atoms with Crippen LogP contribution in [-0.4, -0.2) is 28.4 Å². The number of hydrogen-bond acceptors (Lipinski definition) is 5. The van der Waals surface area contributed by atoms with E-state index < -0.39 is 5.25 Å². The van der Waals surface area contributed by atoms with Crippen LogP contribution in [0.3, 0.4) is 0 Å². The van der Waals surface area contributed by atoms with Crippen LogP contribution in [0.25, 0.3) is 6.08 Å². The number of rotatable bonds is 6. The topological polar surface area (TPSA) is 82.9 Å². The molecule has 1 aliphatic rings. The van der Waals surface area contributed by atoms with Crippen LogP contribution in [-0.2, 0) is 9.59 Å². The SMILES string of the molecule is O=C(CC1S/C(=N/N=C\C=C\c2ccccc2)NC1=O)Nc1cccc(Cl)c1Cl. The molecule has 0 spiro atoms. The molecule has 0 bridgehead atoms. The van der Waals surface area contributed by atoms with Gasteiger partial charge in [-0.25, -0.2) is 0 Å². The van der Waals surface area contributed by atoms with Crippen LogP contribution in [0.5, 0.6) is 0 Å². The third-order valence-corrected chi connectivity index (χ3v) is 5.65. The quantitative estimate of drug-likeness (QED) is 0.501. The molecule has 29 heavy (non-hydrogen) atoms. The van der Waals surface area contributed by atoms with Gasteiger partial charge in [0.05, 0.1) is 15.7 Å². The molecular weight excluding hydrogens is 431 g/mol. The van der Waals surface area contributed by atoms with E-state index in [1.165, 1.54) is 6.21 Å². The second-order valence-electron chi connectivity index (χ2n) is 5.89. The summed E-state index contributed by atoms with van der Waals surface area (Å²) < 4.78 is 0. The first-order valence-electron chi connectivity index (χ1n) is 8.57. The number of hydrogen-bond donors (Lipinski definition) is 2. The van der Waals surface area contributed by atoms with Gasteiger partial charge < -0.3 is 10.6 Å². The second kappa shape index (κ2) is 10.2. The molecule has 1 saturated heterocycles. The molecule has 6 nitrogen and oxygen atoms in total. The van der Waals surface area contributed by atoms with Gasteiger partial charge in [-0.05, 0) is 23.8 Å². The predicted molar refractivity (Wildman–Crippen MR) is 121 cm³/mol. The highest BCUT2D eigenvalue weighted by molar-refractivity contribution is 8.15. The predicted octanol–water partition coefficient (Wildman–Crippen LogP) is 4.61. The molecule has 3 rings (SSSR count). The van der Waals surface area contributed by atoms with Crippen LogP contribution in [0.2, 0.25) is 10.0 Å². The molecule has 2 amide bonds. The van der Waals surface area contributed by atoms with Gasteiger partial charge >= 0.3 is 0 Å². The molecule has 1 aliphatic heterocycles. The van der Waals surface area contributed by atoms with Gasteiger partial charge in [-0.2, -0.15) is 5.10 Å². The highest BCUT2D eigenvalue weighted by atomic mass is 35.5. The highest BCUT2D eigenvalue weighted by Crippen LogP contribution is 2.30. The molecule has 0 saturated carbocycles. The van der Waals surface area contributed by atoms with Crippen LogP contribution in [0.15, 0.2) is 64.8 Å². The van der Waals surface area contributed by atoms with Crippen LogP contribution in [0.4, 0.5) is 5.69 Å². The number of carbonyl (C=O) groups excluding carboxylic acids is 2. The molecule has 2 aromatic rings. The maximum atomic E-state index is 12.2. The minimum atomic E-state index is -0.596. The number of carbonyl (C=O) groups is 2. The second-order valence-corrected chi connectivity index (χ2v) is 7.87. The molecule has 0 aliphatic carbocycles. The van der Waals surface area contributed by atoms with Gasteiger partial charge in [-0.15, -0.1) is 5.10 Å². The lowest BCUT2D eigenvalue weighted by atomic mass is 10.2. The zero-order chi connectivity index (χ0) is 20.6. The van der Waals surface area contributed by atoms with Crippen molar-refractivity contribution in [3.63, 3.8) is 0 Å². The minimum Gasteiger partial charge on any atom is -0.325 e. The lowest BCUT2D eigenvalue weighted by Gasteiger charge is -2.09. The Morgan fingerprint density at radius 2 is 1.97 bits per heavy atom. The standard InChI is InChI=1S/C20H16Cl2N4O2S/c21-14-9-4-10-15(18(14)22)24-17(27)12-16-19(28)25-20(29-16)26-23-11-5-8-13-6-2-1-3-7-13/h1-11,16H,12H2,(H,24,27)(H,25,26,28)/b8-5+,23-11-. The number of halogens is 2. The highest BCUT2D eigenvalue weighted by Gasteiger charge is 2.32. The third-order valence-electron chi connectivity index (χ3n) is 3.76. The van der Waals surface area contributed by atoms with E-state index in [1.807, 2.05) is 36.4 Å². The summed E-state index contributed by atoms with van der Waals surface area (Å²) >= 11 is 13.1. The maximum Gasteiger partial charge on any atom is 0.240 e. The van der Waals surface area contributed by atoms with Crippen molar-refractivity contribution >= 4 is 69.9 Å². The number of anilines is 1. The molecular formula is C20H16Cl2N4O2S. The molecule has 1 fully saturated rings. The van der Waals surface area contributed by atoms with Crippen LogP contribution < -0.4 is 10.6 Å². The van der Waals surface area contributed by atoms with E-state index in [1.54, 1.807) is 24.3 Å². The summed E-state index contributed by atoms with van der Waals surface area (Å²) in [7, 11) is 0. The normalized spacial score (nSPS) is 17.9. The Morgan fingerprint density at radius 3 is 2.76 bits per heavy atom. The average Bonchev–Trinajstić information content (AvgIpc) is 3.05. The van der Waals surface area contributed by atoms with Crippen LogP contribution in [0, 0.1) is 0 Å². The van der Waals surface area contributed by atoms with Crippen LogP contribution in [0.1, 0.15) is 12.0 Å². The van der Waals surface area contributed by atoms with E-state index in [2.05, 4.69) is 20.8 Å². The van der Waals surface area contributed by atoms with Gasteiger partial charge in [0.25, 0.3) is 0 Å². The fourth-order valence-corrected chi connectivity index (χ4v) is 3.67. The Labute approximate surface area is 182 Å². The lowest BCUT2D eigenvalue weighted by Crippen LogP contribution is -2.28. The monoisotopic (exact) mass is 446 g/mol. The summed E-state index contributed by atoms with van der Waals surface area (Å²) in [5.74, 6) is -0.645. The summed E-state index contributed by atoms with van der Waals surface area (Å²) in [4.78, 5) is 24.3. The van der Waals surface area contributed by atoms with E-state index in [4.69, 9.17) is 23.2 Å². The Kier molecular flexibility index (Phi) is 7.46. The first-order valence-corrected chi connectivity index (χ1v) is 10.2. The first kappa shape index (κ1) is 21.1. The number of amidine groups is 1. The third kappa shape index (κ3) is 6.19. The average molecular weight is 447 g/mol. The number of amides is 2. The van der Waals surface area contributed by atoms with Crippen molar-refractivity contribution in [2.45, 2.75) is 11.7 Å². The van der Waals surface area contributed by atoms with Crippen molar-refractivity contribution in [2.24, 2.45) is 10.2 Å². The molecule has 2 N–H and O–H groups in total. The Hall–Kier alpha value is -2.61. The van der Waals surface area contributed by atoms with Gasteiger partial charge in [0.15, 0.2) is 5.17 Å². The maximum absolute atomic E-state index is 12.2. The van der Waals surface area contributed by atoms with Crippen molar-refractivity contribution in [2.75, 3.05) is 5.32 Å². The van der Waals surface area contributed by atoms with Crippen molar-refractivity contribution < 1.29 is 9.59 Å². The van der Waals surface area contributed by atoms with Crippen molar-refractivity contribution in [3.05, 3.63) is 70.2 Å². The van der Waals surface area contributed by atoms with E-state index >= 15 is 0 Å². The van der Waals surface area contributed by atoms with Crippen molar-refractivity contribution in [3.8, 4) is 0 Å². The summed E-state index contributed by atoms with van der Waals surface area (Å²) in [5.41, 5.74) is 1.44. The molecule has 148 valence electrons. The smallest absolute Gasteiger partial charge is 0.240 e. The van der Waals surface area contributed by atoms with E-state index in [0.717, 1.165) is 17.3 Å². The van der Waals surface area contributed by atoms with Gasteiger partial charge in [0.1, 0.15) is 5.25 Å². The zero-order valence-electron chi connectivity index (χ0n) is 15.0. The lowest BCUT2D eigenvalue weighted by molar-refractivity contribution is -0.122. The summed E-state index contributed by atoms with van der Waals surface area (Å²) in [5, 5.41) is 13.5. The fourth-order valence-electron chi connectivity index (χ4n) is 2.40. The van der Waals surface area contributed by atoms with E-state index in [9.17, 15) is 9.59 Å². The minimum absolute atomic E-state index is 0.0318. The summed E-state index contributed by atoms with van der Waals surface area (Å²) in [6.07, 6.45) is 5.13.